The molecule has 29 heavy (non-hydrogen) atoms. The quantitative estimate of drug-likeness (QED) is 0.655. The number of fused-ring (bicyclic) bond motifs is 1. The van der Waals surface area contributed by atoms with Crippen molar-refractivity contribution in [3.63, 3.8) is 0 Å². The summed E-state index contributed by atoms with van der Waals surface area (Å²) in [4.78, 5) is 18.5. The van der Waals surface area contributed by atoms with Crippen LogP contribution >= 0.6 is 0 Å². The van der Waals surface area contributed by atoms with Crippen molar-refractivity contribution < 1.29 is 14.3 Å². The van der Waals surface area contributed by atoms with Gasteiger partial charge in [0.2, 0.25) is 0 Å². The number of carbonyl (C=O) groups is 1. The van der Waals surface area contributed by atoms with Gasteiger partial charge >= 0.3 is 0 Å². The second-order valence-corrected chi connectivity index (χ2v) is 8.68. The molecule has 1 amide bonds. The zero-order valence-electron chi connectivity index (χ0n) is 16.9. The van der Waals surface area contributed by atoms with Crippen molar-refractivity contribution in [1.82, 2.24) is 9.88 Å². The fourth-order valence-electron chi connectivity index (χ4n) is 4.43. The summed E-state index contributed by atoms with van der Waals surface area (Å²) >= 11 is 0. The number of carbonyl (C=O) groups excluding carboxylic acids is 1. The third-order valence-electron chi connectivity index (χ3n) is 5.73. The Balaban J connectivity index is 1.65. The number of hydrogen-bond donors (Lipinski definition) is 2. The lowest BCUT2D eigenvalue weighted by Gasteiger charge is -2.34. The molecule has 1 aliphatic rings. The minimum atomic E-state index is -0.682. The zero-order valence-corrected chi connectivity index (χ0v) is 16.9. The first-order valence-corrected chi connectivity index (χ1v) is 10.2. The van der Waals surface area contributed by atoms with E-state index in [1.165, 1.54) is 12.1 Å². The molecule has 2 N–H and O–H groups in total. The highest BCUT2D eigenvalue weighted by molar-refractivity contribution is 6.09. The maximum Gasteiger partial charge on any atom is 0.270 e. The van der Waals surface area contributed by atoms with Gasteiger partial charge in [0, 0.05) is 29.6 Å². The van der Waals surface area contributed by atoms with Crippen LogP contribution in [-0.4, -0.2) is 39.6 Å². The number of H-pyrrole nitrogens is 1. The molecule has 0 atom stereocenters. The summed E-state index contributed by atoms with van der Waals surface area (Å²) in [5, 5.41) is 10.8. The molecule has 0 bridgehead atoms. The van der Waals surface area contributed by atoms with Gasteiger partial charge in [-0.05, 0) is 62.8 Å². The molecule has 0 unspecified atom stereocenters. The van der Waals surface area contributed by atoms with Gasteiger partial charge in [0.1, 0.15) is 11.5 Å². The summed E-state index contributed by atoms with van der Waals surface area (Å²) < 4.78 is 13.9. The number of aromatic amines is 1. The monoisotopic (exact) mass is 394 g/mol. The molecule has 0 spiro atoms. The fraction of sp³-hybridized carbons (Fsp3) is 0.375. The minimum absolute atomic E-state index is 0.0535. The number of rotatable bonds is 4. The first-order chi connectivity index (χ1) is 13.8. The van der Waals surface area contributed by atoms with Crippen LogP contribution in [0.4, 0.5) is 4.39 Å². The van der Waals surface area contributed by atoms with Gasteiger partial charge in [-0.15, -0.1) is 0 Å². The molecule has 1 saturated heterocycles. The molecule has 3 aromatic rings. The van der Waals surface area contributed by atoms with Gasteiger partial charge in [-0.2, -0.15) is 0 Å². The van der Waals surface area contributed by atoms with Crippen LogP contribution in [0.15, 0.2) is 48.5 Å². The number of piperidine rings is 1. The van der Waals surface area contributed by atoms with Gasteiger partial charge in [-0.3, -0.25) is 4.79 Å². The molecule has 2 aromatic carbocycles. The van der Waals surface area contributed by atoms with E-state index in [0.29, 0.717) is 24.7 Å². The molecule has 152 valence electrons. The lowest BCUT2D eigenvalue weighted by molar-refractivity contribution is 0.0357. The van der Waals surface area contributed by atoms with Crippen LogP contribution in [0.3, 0.4) is 0 Å². The summed E-state index contributed by atoms with van der Waals surface area (Å²) in [5.41, 5.74) is 2.23. The molecule has 4 rings (SSSR count). The highest BCUT2D eigenvalue weighted by atomic mass is 19.1. The van der Waals surface area contributed by atoms with Crippen molar-refractivity contribution in [3.8, 4) is 11.1 Å². The number of likely N-dealkylation sites (tertiary alicyclic amines) is 1. The Morgan fingerprint density at radius 1 is 1.17 bits per heavy atom. The topological polar surface area (TPSA) is 56.3 Å². The van der Waals surface area contributed by atoms with Crippen LogP contribution in [0.2, 0.25) is 0 Å². The van der Waals surface area contributed by atoms with Crippen molar-refractivity contribution >= 4 is 16.8 Å². The molecule has 0 radical (unpaired) electrons. The van der Waals surface area contributed by atoms with E-state index in [-0.39, 0.29) is 11.7 Å². The number of nitrogens with zero attached hydrogens (tertiary/aromatic N) is 1. The van der Waals surface area contributed by atoms with E-state index in [1.54, 1.807) is 6.07 Å². The largest absolute Gasteiger partial charge is 0.390 e. The van der Waals surface area contributed by atoms with Gasteiger partial charge in [-0.25, -0.2) is 4.39 Å². The SMILES string of the molecule is CC(C)(O)CC1CCN(C(=O)c2[nH]c3ccc(F)cc3c2-c2ccccc2)CC1. The van der Waals surface area contributed by atoms with E-state index >= 15 is 0 Å². The molecular weight excluding hydrogens is 367 g/mol. The van der Waals surface area contributed by atoms with Gasteiger partial charge in [0.05, 0.1) is 5.60 Å². The Morgan fingerprint density at radius 2 is 1.86 bits per heavy atom. The highest BCUT2D eigenvalue weighted by Gasteiger charge is 2.29. The Morgan fingerprint density at radius 3 is 2.52 bits per heavy atom. The number of nitrogens with one attached hydrogen (secondary N) is 1. The number of aliphatic hydroxyl groups is 1. The van der Waals surface area contributed by atoms with E-state index in [2.05, 4.69) is 4.98 Å². The summed E-state index contributed by atoms with van der Waals surface area (Å²) in [7, 11) is 0. The Labute approximate surface area is 170 Å². The zero-order chi connectivity index (χ0) is 20.6. The molecule has 2 heterocycles. The van der Waals surface area contributed by atoms with Crippen LogP contribution in [-0.2, 0) is 0 Å². The van der Waals surface area contributed by atoms with E-state index in [9.17, 15) is 14.3 Å². The summed E-state index contributed by atoms with van der Waals surface area (Å²) in [6.07, 6.45) is 2.51. The van der Waals surface area contributed by atoms with Crippen molar-refractivity contribution in [1.29, 1.82) is 0 Å². The number of hydrogen-bond acceptors (Lipinski definition) is 2. The van der Waals surface area contributed by atoms with Crippen LogP contribution < -0.4 is 0 Å². The van der Waals surface area contributed by atoms with Crippen molar-refractivity contribution in [3.05, 3.63) is 60.0 Å². The average Bonchev–Trinajstić information content (AvgIpc) is 3.06. The normalized spacial score (nSPS) is 15.8. The van der Waals surface area contributed by atoms with Crippen LogP contribution in [0.5, 0.6) is 0 Å². The number of amides is 1. The van der Waals surface area contributed by atoms with E-state index in [1.807, 2.05) is 49.1 Å². The maximum absolute atomic E-state index is 13.9. The summed E-state index contributed by atoms with van der Waals surface area (Å²) in [6.45, 7) is 5.00. The van der Waals surface area contributed by atoms with E-state index < -0.39 is 5.60 Å². The Kier molecular flexibility index (Phi) is 5.17. The van der Waals surface area contributed by atoms with E-state index in [0.717, 1.165) is 41.3 Å². The molecule has 1 fully saturated rings. The highest BCUT2D eigenvalue weighted by Crippen LogP contribution is 2.34. The van der Waals surface area contributed by atoms with Crippen molar-refractivity contribution in [2.45, 2.75) is 38.7 Å². The van der Waals surface area contributed by atoms with Crippen LogP contribution in [0.25, 0.3) is 22.0 Å². The molecule has 1 aromatic heterocycles. The van der Waals surface area contributed by atoms with Gasteiger partial charge in [0.25, 0.3) is 5.91 Å². The summed E-state index contributed by atoms with van der Waals surface area (Å²) in [6, 6.07) is 14.2. The lowest BCUT2D eigenvalue weighted by atomic mass is 9.86. The minimum Gasteiger partial charge on any atom is -0.390 e. The first kappa shape index (κ1) is 19.6. The lowest BCUT2D eigenvalue weighted by Crippen LogP contribution is -2.40. The Hall–Kier alpha value is -2.66. The molecule has 1 aliphatic heterocycles. The third kappa shape index (κ3) is 4.20. The molecular formula is C24H27FN2O2. The fourth-order valence-corrected chi connectivity index (χ4v) is 4.43. The standard InChI is InChI=1S/C24H27FN2O2/c1-24(2,29)15-16-10-12-27(13-11-16)23(28)22-21(17-6-4-3-5-7-17)19-14-18(25)8-9-20(19)26-22/h3-9,14,16,26,29H,10-13,15H2,1-2H3. The van der Waals surface area contributed by atoms with Crippen molar-refractivity contribution in [2.75, 3.05) is 13.1 Å². The number of benzene rings is 2. The average molecular weight is 394 g/mol. The smallest absolute Gasteiger partial charge is 0.270 e. The van der Waals surface area contributed by atoms with Crippen molar-refractivity contribution in [2.24, 2.45) is 5.92 Å². The molecule has 0 saturated carbocycles. The molecule has 0 aliphatic carbocycles. The van der Waals surface area contributed by atoms with Gasteiger partial charge < -0.3 is 15.0 Å². The first-order valence-electron chi connectivity index (χ1n) is 10.2. The van der Waals surface area contributed by atoms with E-state index in [4.69, 9.17) is 0 Å². The third-order valence-corrected chi connectivity index (χ3v) is 5.73. The number of halogens is 1. The number of aromatic nitrogens is 1. The predicted molar refractivity (Wildman–Crippen MR) is 113 cm³/mol. The molecule has 5 heteroatoms. The maximum atomic E-state index is 13.9. The van der Waals surface area contributed by atoms with Gasteiger partial charge in [0.15, 0.2) is 0 Å². The second-order valence-electron chi connectivity index (χ2n) is 8.68. The molecule has 4 nitrogen and oxygen atoms in total. The predicted octanol–water partition coefficient (Wildman–Crippen LogP) is 4.99. The Bertz CT molecular complexity index is 1010. The summed E-state index contributed by atoms with van der Waals surface area (Å²) in [5.74, 6) is 0.0479. The second kappa shape index (κ2) is 7.64. The van der Waals surface area contributed by atoms with Gasteiger partial charge in [-0.1, -0.05) is 30.3 Å². The van der Waals surface area contributed by atoms with Crippen LogP contribution in [0, 0.1) is 11.7 Å². The van der Waals surface area contributed by atoms with Crippen LogP contribution in [0.1, 0.15) is 43.6 Å².